The molecule has 5 rings (SSSR count). The van der Waals surface area contributed by atoms with Crippen molar-refractivity contribution in [1.82, 2.24) is 19.9 Å². The van der Waals surface area contributed by atoms with Gasteiger partial charge in [0.2, 0.25) is 10.0 Å². The highest BCUT2D eigenvalue weighted by Gasteiger charge is 2.38. The van der Waals surface area contributed by atoms with E-state index in [9.17, 15) is 13.5 Å². The summed E-state index contributed by atoms with van der Waals surface area (Å²) >= 11 is 1.54. The molecule has 3 aromatic carbocycles. The molecule has 0 aliphatic carbocycles. The number of sulfonamides is 1. The number of rotatable bonds is 10. The Bertz CT molecular complexity index is 1430. The van der Waals surface area contributed by atoms with Crippen LogP contribution in [0.5, 0.6) is 0 Å². The molecule has 39 heavy (non-hydrogen) atoms. The van der Waals surface area contributed by atoms with Crippen LogP contribution in [0.4, 0.5) is 0 Å². The second-order valence-electron chi connectivity index (χ2n) is 9.30. The maximum atomic E-state index is 12.6. The molecule has 1 saturated heterocycles. The predicted molar refractivity (Wildman–Crippen MR) is 147 cm³/mol. The van der Waals surface area contributed by atoms with E-state index in [1.165, 1.54) is 18.1 Å². The fourth-order valence-corrected chi connectivity index (χ4v) is 6.37. The van der Waals surface area contributed by atoms with Crippen LogP contribution < -0.4 is 4.72 Å². The summed E-state index contributed by atoms with van der Waals surface area (Å²) in [6, 6.07) is 23.6. The van der Waals surface area contributed by atoms with Gasteiger partial charge in [0.25, 0.3) is 0 Å². The standard InChI is InChI=1S/C28H30N4O5S2/c1-19-25(17-38-28-29-18-30-32-28)36-27(37-26(19)22-11-9-21(16-33)10-12-22)23-13-7-20(8-14-23)15-31-39(34,35)24-5-3-2-4-6-24/h2-14,18-19,25-27,31,33H,15-17H2,1H3,(H,29,30,32)/t19-,25+,26+,27?/m0/s1. The van der Waals surface area contributed by atoms with E-state index < -0.39 is 16.3 Å². The molecule has 0 amide bonds. The van der Waals surface area contributed by atoms with Crippen molar-refractivity contribution in [3.05, 3.63) is 107 Å². The van der Waals surface area contributed by atoms with Crippen LogP contribution in [0.2, 0.25) is 0 Å². The first kappa shape index (κ1) is 27.5. The van der Waals surface area contributed by atoms with Crippen molar-refractivity contribution in [3.8, 4) is 0 Å². The van der Waals surface area contributed by atoms with Crippen molar-refractivity contribution in [2.75, 3.05) is 5.75 Å². The number of nitrogens with zero attached hydrogens (tertiary/aromatic N) is 2. The summed E-state index contributed by atoms with van der Waals surface area (Å²) in [6.45, 7) is 2.25. The fraction of sp³-hybridized carbons (Fsp3) is 0.286. The lowest BCUT2D eigenvalue weighted by molar-refractivity contribution is -0.268. The van der Waals surface area contributed by atoms with Gasteiger partial charge >= 0.3 is 0 Å². The Kier molecular flexibility index (Phi) is 8.75. The molecule has 0 spiro atoms. The lowest BCUT2D eigenvalue weighted by Crippen LogP contribution is -2.38. The SMILES string of the molecule is C[C@H]1[C@@H](CSc2ncn[nH]2)OC(c2ccc(CNS(=O)(=O)c3ccccc3)cc2)O[C@H]1c1ccc(CO)cc1. The molecule has 9 nitrogen and oxygen atoms in total. The summed E-state index contributed by atoms with van der Waals surface area (Å²) in [6.07, 6.45) is 0.499. The van der Waals surface area contributed by atoms with Gasteiger partial charge in [-0.3, -0.25) is 5.10 Å². The molecular formula is C28H30N4O5S2. The topological polar surface area (TPSA) is 126 Å². The molecule has 4 atom stereocenters. The molecular weight excluding hydrogens is 536 g/mol. The number of aliphatic hydroxyl groups is 1. The van der Waals surface area contributed by atoms with Crippen molar-refractivity contribution in [2.24, 2.45) is 5.92 Å². The van der Waals surface area contributed by atoms with E-state index in [1.807, 2.05) is 48.5 Å². The van der Waals surface area contributed by atoms with E-state index in [4.69, 9.17) is 9.47 Å². The molecule has 0 bridgehead atoms. The van der Waals surface area contributed by atoms with Gasteiger partial charge in [0.05, 0.1) is 23.7 Å². The van der Waals surface area contributed by atoms with Crippen LogP contribution in [-0.4, -0.2) is 40.6 Å². The van der Waals surface area contributed by atoms with Gasteiger partial charge in [-0.2, -0.15) is 5.10 Å². The van der Waals surface area contributed by atoms with Gasteiger partial charge in [-0.25, -0.2) is 18.1 Å². The third kappa shape index (κ3) is 6.75. The third-order valence-corrected chi connectivity index (χ3v) is 9.05. The van der Waals surface area contributed by atoms with Crippen molar-refractivity contribution >= 4 is 21.8 Å². The fourth-order valence-electron chi connectivity index (χ4n) is 4.39. The van der Waals surface area contributed by atoms with Gasteiger partial charge in [-0.1, -0.05) is 85.4 Å². The smallest absolute Gasteiger partial charge is 0.240 e. The number of ether oxygens (including phenoxy) is 2. The van der Waals surface area contributed by atoms with Crippen LogP contribution in [0.25, 0.3) is 0 Å². The minimum Gasteiger partial charge on any atom is -0.392 e. The molecule has 1 aliphatic heterocycles. The van der Waals surface area contributed by atoms with E-state index in [-0.39, 0.29) is 36.2 Å². The maximum absolute atomic E-state index is 12.6. The highest BCUT2D eigenvalue weighted by molar-refractivity contribution is 7.99. The Morgan fingerprint density at radius 3 is 2.31 bits per heavy atom. The number of aromatic nitrogens is 3. The zero-order valence-electron chi connectivity index (χ0n) is 21.3. The predicted octanol–water partition coefficient (Wildman–Crippen LogP) is 4.36. The van der Waals surface area contributed by atoms with Gasteiger partial charge in [-0.05, 0) is 28.8 Å². The van der Waals surface area contributed by atoms with Crippen LogP contribution in [-0.2, 0) is 32.6 Å². The van der Waals surface area contributed by atoms with Gasteiger partial charge < -0.3 is 14.6 Å². The maximum Gasteiger partial charge on any atom is 0.240 e. The van der Waals surface area contributed by atoms with Crippen LogP contribution >= 0.6 is 11.8 Å². The second kappa shape index (κ2) is 12.4. The van der Waals surface area contributed by atoms with Crippen molar-refractivity contribution in [2.45, 2.75) is 48.6 Å². The van der Waals surface area contributed by atoms with Gasteiger partial charge in [0, 0.05) is 23.8 Å². The van der Waals surface area contributed by atoms with E-state index in [0.717, 1.165) is 27.4 Å². The number of H-pyrrole nitrogens is 1. The van der Waals surface area contributed by atoms with Crippen molar-refractivity contribution in [1.29, 1.82) is 0 Å². The molecule has 4 aromatic rings. The Morgan fingerprint density at radius 2 is 1.64 bits per heavy atom. The molecule has 1 fully saturated rings. The molecule has 2 heterocycles. The van der Waals surface area contributed by atoms with Crippen LogP contribution in [0, 0.1) is 5.92 Å². The number of thioether (sulfide) groups is 1. The average Bonchev–Trinajstić information content (AvgIpc) is 3.50. The number of benzene rings is 3. The van der Waals surface area contributed by atoms with Gasteiger partial charge in [-0.15, -0.1) is 0 Å². The molecule has 1 aromatic heterocycles. The molecule has 0 radical (unpaired) electrons. The molecule has 1 unspecified atom stereocenters. The summed E-state index contributed by atoms with van der Waals surface area (Å²) in [5, 5.41) is 17.0. The largest absolute Gasteiger partial charge is 0.392 e. The van der Waals surface area contributed by atoms with Crippen molar-refractivity contribution < 1.29 is 23.0 Å². The normalized spacial score (nSPS) is 21.6. The highest BCUT2D eigenvalue weighted by atomic mass is 32.2. The number of nitrogens with one attached hydrogen (secondary N) is 2. The number of aliphatic hydroxyl groups excluding tert-OH is 1. The third-order valence-electron chi connectivity index (χ3n) is 6.67. The van der Waals surface area contributed by atoms with Crippen molar-refractivity contribution in [3.63, 3.8) is 0 Å². The summed E-state index contributed by atoms with van der Waals surface area (Å²) < 4.78 is 40.7. The van der Waals surface area contributed by atoms with Gasteiger partial charge in [0.1, 0.15) is 6.33 Å². The van der Waals surface area contributed by atoms with E-state index in [1.54, 1.807) is 30.3 Å². The molecule has 204 valence electrons. The molecule has 1 aliphatic rings. The lowest BCUT2D eigenvalue weighted by Gasteiger charge is -2.41. The zero-order valence-corrected chi connectivity index (χ0v) is 22.9. The zero-order chi connectivity index (χ0) is 27.2. The second-order valence-corrected chi connectivity index (χ2v) is 12.1. The monoisotopic (exact) mass is 566 g/mol. The summed E-state index contributed by atoms with van der Waals surface area (Å²) in [4.78, 5) is 4.43. The lowest BCUT2D eigenvalue weighted by atomic mass is 9.91. The molecule has 3 N–H and O–H groups in total. The van der Waals surface area contributed by atoms with E-state index in [2.05, 4.69) is 26.8 Å². The summed E-state index contributed by atoms with van der Waals surface area (Å²) in [7, 11) is -3.60. The van der Waals surface area contributed by atoms with E-state index >= 15 is 0 Å². The molecule has 11 heteroatoms. The van der Waals surface area contributed by atoms with Crippen LogP contribution in [0.3, 0.4) is 0 Å². The van der Waals surface area contributed by atoms with Crippen LogP contribution in [0.1, 0.15) is 41.6 Å². The minimum absolute atomic E-state index is 0.0165. The summed E-state index contributed by atoms with van der Waals surface area (Å²) in [5.74, 6) is 0.698. The Morgan fingerprint density at radius 1 is 0.949 bits per heavy atom. The molecule has 0 saturated carbocycles. The minimum atomic E-state index is -3.60. The number of aromatic amines is 1. The Balaban J connectivity index is 1.31. The number of hydrogen-bond donors (Lipinski definition) is 3. The van der Waals surface area contributed by atoms with Crippen LogP contribution in [0.15, 0.2) is 95.2 Å². The first-order chi connectivity index (χ1) is 18.9. The summed E-state index contributed by atoms with van der Waals surface area (Å²) in [5.41, 5.74) is 3.50. The van der Waals surface area contributed by atoms with E-state index in [0.29, 0.717) is 5.75 Å². The Hall–Kier alpha value is -3.06. The Labute approximate surface area is 232 Å². The quantitative estimate of drug-likeness (QED) is 0.242. The first-order valence-electron chi connectivity index (χ1n) is 12.6. The van der Waals surface area contributed by atoms with Gasteiger partial charge in [0.15, 0.2) is 11.4 Å². The number of hydrogen-bond acceptors (Lipinski definition) is 8. The highest BCUT2D eigenvalue weighted by Crippen LogP contribution is 2.42. The average molecular weight is 567 g/mol. The first-order valence-corrected chi connectivity index (χ1v) is 15.0.